The van der Waals surface area contributed by atoms with Gasteiger partial charge in [0.25, 0.3) is 0 Å². The SMILES string of the molecule is O=Cc1cccc(NS(=O)(=O)N2CCOCC2)c1. The van der Waals surface area contributed by atoms with E-state index in [-0.39, 0.29) is 0 Å². The van der Waals surface area contributed by atoms with Gasteiger partial charge in [-0.25, -0.2) is 0 Å². The smallest absolute Gasteiger partial charge is 0.301 e. The number of hydrogen-bond donors (Lipinski definition) is 1. The first kappa shape index (κ1) is 13.0. The lowest BCUT2D eigenvalue weighted by atomic mass is 10.2. The molecule has 2 rings (SSSR count). The van der Waals surface area contributed by atoms with Crippen molar-refractivity contribution < 1.29 is 17.9 Å². The van der Waals surface area contributed by atoms with Crippen LogP contribution < -0.4 is 4.72 Å². The summed E-state index contributed by atoms with van der Waals surface area (Å²) in [4.78, 5) is 10.6. The van der Waals surface area contributed by atoms with Crippen molar-refractivity contribution in [2.24, 2.45) is 0 Å². The van der Waals surface area contributed by atoms with Gasteiger partial charge in [-0.15, -0.1) is 0 Å². The van der Waals surface area contributed by atoms with Crippen LogP contribution in [0, 0.1) is 0 Å². The predicted octanol–water partition coefficient (Wildman–Crippen LogP) is 0.488. The summed E-state index contributed by atoms with van der Waals surface area (Å²) in [5.74, 6) is 0. The molecule has 1 fully saturated rings. The summed E-state index contributed by atoms with van der Waals surface area (Å²) in [6.45, 7) is 1.47. The van der Waals surface area contributed by atoms with E-state index in [0.717, 1.165) is 0 Å². The van der Waals surface area contributed by atoms with E-state index in [1.807, 2.05) is 0 Å². The molecule has 0 radical (unpaired) electrons. The average Bonchev–Trinajstić information content (AvgIpc) is 2.39. The van der Waals surface area contributed by atoms with Crippen LogP contribution in [-0.4, -0.2) is 45.3 Å². The molecule has 0 aromatic heterocycles. The number of benzene rings is 1. The highest BCUT2D eigenvalue weighted by Gasteiger charge is 2.23. The molecule has 18 heavy (non-hydrogen) atoms. The minimum absolute atomic E-state index is 0.336. The first-order chi connectivity index (χ1) is 8.62. The van der Waals surface area contributed by atoms with Gasteiger partial charge < -0.3 is 4.74 Å². The zero-order chi connectivity index (χ0) is 13.0. The molecule has 0 aliphatic carbocycles. The van der Waals surface area contributed by atoms with Gasteiger partial charge in [0.2, 0.25) is 0 Å². The van der Waals surface area contributed by atoms with E-state index in [2.05, 4.69) is 4.72 Å². The number of nitrogens with one attached hydrogen (secondary N) is 1. The van der Waals surface area contributed by atoms with E-state index in [1.165, 1.54) is 10.4 Å². The van der Waals surface area contributed by atoms with Gasteiger partial charge in [0.05, 0.1) is 18.9 Å². The number of hydrogen-bond acceptors (Lipinski definition) is 4. The van der Waals surface area contributed by atoms with Crippen molar-refractivity contribution in [3.8, 4) is 0 Å². The number of carbonyl (C=O) groups excluding carboxylic acids is 1. The van der Waals surface area contributed by atoms with Crippen molar-refractivity contribution in [1.29, 1.82) is 0 Å². The molecule has 1 saturated heterocycles. The second kappa shape index (κ2) is 5.47. The Morgan fingerprint density at radius 2 is 2.00 bits per heavy atom. The molecule has 1 aliphatic heterocycles. The second-order valence-corrected chi connectivity index (χ2v) is 5.53. The molecular formula is C11H14N2O4S. The van der Waals surface area contributed by atoms with Gasteiger partial charge in [0, 0.05) is 18.7 Å². The Hall–Kier alpha value is -1.44. The summed E-state index contributed by atoms with van der Waals surface area (Å²) in [6, 6.07) is 6.33. The Bertz CT molecular complexity index is 524. The molecule has 0 saturated carbocycles. The van der Waals surface area contributed by atoms with E-state index in [1.54, 1.807) is 18.2 Å². The van der Waals surface area contributed by atoms with Gasteiger partial charge in [-0.05, 0) is 12.1 Å². The number of nitrogens with zero attached hydrogens (tertiary/aromatic N) is 1. The van der Waals surface area contributed by atoms with Crippen molar-refractivity contribution in [2.45, 2.75) is 0 Å². The second-order valence-electron chi connectivity index (χ2n) is 3.86. The maximum atomic E-state index is 12.0. The van der Waals surface area contributed by atoms with E-state index in [9.17, 15) is 13.2 Å². The molecule has 1 aliphatic rings. The molecule has 0 atom stereocenters. The lowest BCUT2D eigenvalue weighted by Crippen LogP contribution is -2.43. The molecule has 1 N–H and O–H groups in total. The number of morpholine rings is 1. The summed E-state index contributed by atoms with van der Waals surface area (Å²) in [5.41, 5.74) is 0.809. The highest BCUT2D eigenvalue weighted by molar-refractivity contribution is 7.90. The van der Waals surface area contributed by atoms with Crippen LogP contribution in [-0.2, 0) is 14.9 Å². The third-order valence-electron chi connectivity index (χ3n) is 2.58. The summed E-state index contributed by atoms with van der Waals surface area (Å²) in [7, 11) is -3.57. The number of anilines is 1. The summed E-state index contributed by atoms with van der Waals surface area (Å²) >= 11 is 0. The normalized spacial score (nSPS) is 17.3. The maximum Gasteiger partial charge on any atom is 0.301 e. The Morgan fingerprint density at radius 3 is 2.67 bits per heavy atom. The van der Waals surface area contributed by atoms with Crippen molar-refractivity contribution >= 4 is 22.2 Å². The highest BCUT2D eigenvalue weighted by Crippen LogP contribution is 2.14. The van der Waals surface area contributed by atoms with Crippen LogP contribution in [0.4, 0.5) is 5.69 Å². The molecule has 7 heteroatoms. The Kier molecular flexibility index (Phi) is 3.95. The fraction of sp³-hybridized carbons (Fsp3) is 0.364. The lowest BCUT2D eigenvalue weighted by Gasteiger charge is -2.26. The van der Waals surface area contributed by atoms with Gasteiger partial charge in [-0.3, -0.25) is 9.52 Å². The first-order valence-corrected chi connectivity index (χ1v) is 6.97. The van der Waals surface area contributed by atoms with Crippen LogP contribution in [0.5, 0.6) is 0 Å². The Morgan fingerprint density at radius 1 is 1.28 bits per heavy atom. The molecule has 1 heterocycles. The number of rotatable bonds is 4. The summed E-state index contributed by atoms with van der Waals surface area (Å²) in [6.07, 6.45) is 0.673. The van der Waals surface area contributed by atoms with Gasteiger partial charge in [-0.1, -0.05) is 12.1 Å². The standard InChI is InChI=1S/C11H14N2O4S/c14-9-10-2-1-3-11(8-10)12-18(15,16)13-4-6-17-7-5-13/h1-3,8-9,12H,4-7H2. The van der Waals surface area contributed by atoms with Crippen LogP contribution in [0.2, 0.25) is 0 Å². The summed E-state index contributed by atoms with van der Waals surface area (Å²) < 4.78 is 32.9. The molecule has 1 aromatic carbocycles. The van der Waals surface area contributed by atoms with Crippen LogP contribution in [0.1, 0.15) is 10.4 Å². The molecular weight excluding hydrogens is 256 g/mol. The van der Waals surface area contributed by atoms with E-state index in [4.69, 9.17) is 4.74 Å². The highest BCUT2D eigenvalue weighted by atomic mass is 32.2. The summed E-state index contributed by atoms with van der Waals surface area (Å²) in [5, 5.41) is 0. The third kappa shape index (κ3) is 3.06. The Balaban J connectivity index is 2.13. The van der Waals surface area contributed by atoms with Crippen molar-refractivity contribution in [2.75, 3.05) is 31.0 Å². The molecule has 6 nitrogen and oxygen atoms in total. The third-order valence-corrected chi connectivity index (χ3v) is 4.12. The molecule has 0 spiro atoms. The van der Waals surface area contributed by atoms with Gasteiger partial charge >= 0.3 is 10.2 Å². The quantitative estimate of drug-likeness (QED) is 0.808. The molecule has 98 valence electrons. The first-order valence-electron chi connectivity index (χ1n) is 5.53. The van der Waals surface area contributed by atoms with Gasteiger partial charge in [-0.2, -0.15) is 12.7 Å². The molecule has 1 aromatic rings. The van der Waals surface area contributed by atoms with Crippen molar-refractivity contribution in [1.82, 2.24) is 4.31 Å². The number of carbonyl (C=O) groups is 1. The van der Waals surface area contributed by atoms with Gasteiger partial charge in [0.1, 0.15) is 6.29 Å². The minimum Gasteiger partial charge on any atom is -0.379 e. The minimum atomic E-state index is -3.57. The maximum absolute atomic E-state index is 12.0. The van der Waals surface area contributed by atoms with Crippen LogP contribution in [0.25, 0.3) is 0 Å². The fourth-order valence-corrected chi connectivity index (χ4v) is 2.86. The fourth-order valence-electron chi connectivity index (χ4n) is 1.68. The number of ether oxygens (including phenoxy) is 1. The van der Waals surface area contributed by atoms with Gasteiger partial charge in [0.15, 0.2) is 0 Å². The Labute approximate surface area is 106 Å². The molecule has 0 unspecified atom stereocenters. The number of aldehydes is 1. The largest absolute Gasteiger partial charge is 0.379 e. The molecule has 0 amide bonds. The zero-order valence-corrected chi connectivity index (χ0v) is 10.5. The van der Waals surface area contributed by atoms with E-state index >= 15 is 0 Å². The van der Waals surface area contributed by atoms with E-state index in [0.29, 0.717) is 43.8 Å². The van der Waals surface area contributed by atoms with Crippen LogP contribution in [0.15, 0.2) is 24.3 Å². The van der Waals surface area contributed by atoms with E-state index < -0.39 is 10.2 Å². The van der Waals surface area contributed by atoms with Crippen LogP contribution in [0.3, 0.4) is 0 Å². The van der Waals surface area contributed by atoms with Crippen LogP contribution >= 0.6 is 0 Å². The lowest BCUT2D eigenvalue weighted by molar-refractivity contribution is 0.0733. The monoisotopic (exact) mass is 270 g/mol. The topological polar surface area (TPSA) is 75.7 Å². The van der Waals surface area contributed by atoms with Crippen molar-refractivity contribution in [3.63, 3.8) is 0 Å². The average molecular weight is 270 g/mol. The zero-order valence-electron chi connectivity index (χ0n) is 9.70. The molecule has 0 bridgehead atoms. The van der Waals surface area contributed by atoms with Crippen molar-refractivity contribution in [3.05, 3.63) is 29.8 Å². The predicted molar refractivity (Wildman–Crippen MR) is 66.8 cm³/mol.